The van der Waals surface area contributed by atoms with Gasteiger partial charge in [0.2, 0.25) is 5.91 Å². The van der Waals surface area contributed by atoms with Gasteiger partial charge in [0, 0.05) is 12.5 Å². The van der Waals surface area contributed by atoms with Crippen LogP contribution in [0.1, 0.15) is 65.2 Å². The monoisotopic (exact) mass is 273 g/mol. The number of amides is 1. The first-order valence-corrected chi connectivity index (χ1v) is 7.68. The average Bonchev–Trinajstić information content (AvgIpc) is 2.42. The maximum atomic E-state index is 11.7. The summed E-state index contributed by atoms with van der Waals surface area (Å²) >= 11 is 0. The zero-order chi connectivity index (χ0) is 14.5. The van der Waals surface area contributed by atoms with Gasteiger partial charge in [-0.1, -0.05) is 58.8 Å². The molecule has 1 amide bonds. The molecule has 0 rings (SSSR count). The van der Waals surface area contributed by atoms with E-state index < -0.39 is 6.10 Å². The molecule has 0 aromatic carbocycles. The van der Waals surface area contributed by atoms with Crippen molar-refractivity contribution >= 4 is 5.91 Å². The molecule has 0 radical (unpaired) electrons. The van der Waals surface area contributed by atoms with Crippen LogP contribution in [0.5, 0.6) is 0 Å². The fourth-order valence-corrected chi connectivity index (χ4v) is 2.00. The zero-order valence-electron chi connectivity index (χ0n) is 12.5. The molecule has 0 aliphatic carbocycles. The second kappa shape index (κ2) is 12.4. The van der Waals surface area contributed by atoms with Crippen molar-refractivity contribution < 1.29 is 15.0 Å². The van der Waals surface area contributed by atoms with Gasteiger partial charge < -0.3 is 15.5 Å². The minimum absolute atomic E-state index is 0.0125. The third-order valence-corrected chi connectivity index (χ3v) is 3.41. The van der Waals surface area contributed by atoms with E-state index in [0.717, 1.165) is 12.8 Å². The minimum atomic E-state index is -0.852. The molecule has 0 heterocycles. The Morgan fingerprint density at radius 1 is 1.11 bits per heavy atom. The highest BCUT2D eigenvalue weighted by molar-refractivity contribution is 5.78. The van der Waals surface area contributed by atoms with E-state index in [2.05, 4.69) is 12.2 Å². The second-order valence-corrected chi connectivity index (χ2v) is 5.39. The van der Waals surface area contributed by atoms with Crippen molar-refractivity contribution in [2.75, 3.05) is 13.2 Å². The van der Waals surface area contributed by atoms with Crippen LogP contribution in [0.3, 0.4) is 0 Å². The predicted octanol–water partition coefficient (Wildman–Crippen LogP) is 2.23. The Morgan fingerprint density at radius 3 is 2.26 bits per heavy atom. The Morgan fingerprint density at radius 2 is 1.68 bits per heavy atom. The van der Waals surface area contributed by atoms with Gasteiger partial charge in [-0.15, -0.1) is 0 Å². The van der Waals surface area contributed by atoms with Crippen molar-refractivity contribution in [3.63, 3.8) is 0 Å². The molecule has 0 fully saturated rings. The van der Waals surface area contributed by atoms with Gasteiger partial charge in [-0.05, 0) is 6.42 Å². The molecule has 2 atom stereocenters. The number of aliphatic hydroxyl groups is 2. The second-order valence-electron chi connectivity index (χ2n) is 5.39. The Kier molecular flexibility index (Phi) is 12.0. The Hall–Kier alpha value is -0.610. The van der Waals surface area contributed by atoms with Crippen molar-refractivity contribution in [2.24, 2.45) is 5.92 Å². The molecular formula is C15H31NO3. The Balaban J connectivity index is 3.46. The number of carbonyl (C=O) groups is 1. The molecule has 4 nitrogen and oxygen atoms in total. The lowest BCUT2D eigenvalue weighted by Crippen LogP contribution is -2.36. The van der Waals surface area contributed by atoms with E-state index in [1.165, 1.54) is 38.5 Å². The van der Waals surface area contributed by atoms with Gasteiger partial charge in [0.15, 0.2) is 0 Å². The van der Waals surface area contributed by atoms with E-state index in [-0.39, 0.29) is 25.0 Å². The molecule has 0 aliphatic heterocycles. The van der Waals surface area contributed by atoms with Crippen LogP contribution in [0.25, 0.3) is 0 Å². The molecule has 0 aliphatic rings. The summed E-state index contributed by atoms with van der Waals surface area (Å²) in [5, 5.41) is 20.4. The SMILES string of the molecule is CCCCCCCCCC(C)C(=O)NCC(O)CO. The summed E-state index contributed by atoms with van der Waals surface area (Å²) in [4.78, 5) is 11.7. The molecule has 0 bridgehead atoms. The fourth-order valence-electron chi connectivity index (χ4n) is 2.00. The Labute approximate surface area is 117 Å². The molecule has 114 valence electrons. The quantitative estimate of drug-likeness (QED) is 0.478. The zero-order valence-corrected chi connectivity index (χ0v) is 12.5. The number of unbranched alkanes of at least 4 members (excludes halogenated alkanes) is 6. The molecule has 4 heteroatoms. The molecule has 3 N–H and O–H groups in total. The molecule has 0 saturated carbocycles. The molecule has 0 saturated heterocycles. The third kappa shape index (κ3) is 11.0. The highest BCUT2D eigenvalue weighted by Crippen LogP contribution is 2.12. The molecule has 0 spiro atoms. The van der Waals surface area contributed by atoms with Crippen LogP contribution in [0.4, 0.5) is 0 Å². The first-order valence-electron chi connectivity index (χ1n) is 7.68. The fraction of sp³-hybridized carbons (Fsp3) is 0.933. The average molecular weight is 273 g/mol. The maximum absolute atomic E-state index is 11.7. The third-order valence-electron chi connectivity index (χ3n) is 3.41. The van der Waals surface area contributed by atoms with Crippen molar-refractivity contribution in [2.45, 2.75) is 71.3 Å². The summed E-state index contributed by atoms with van der Waals surface area (Å²) in [6.45, 7) is 3.95. The lowest BCUT2D eigenvalue weighted by Gasteiger charge is -2.13. The normalized spacial score (nSPS) is 14.1. The van der Waals surface area contributed by atoms with Crippen LogP contribution in [0.2, 0.25) is 0 Å². The van der Waals surface area contributed by atoms with Gasteiger partial charge in [-0.25, -0.2) is 0 Å². The van der Waals surface area contributed by atoms with Crippen molar-refractivity contribution in [1.82, 2.24) is 5.32 Å². The number of aliphatic hydroxyl groups excluding tert-OH is 2. The van der Waals surface area contributed by atoms with Gasteiger partial charge in [0.1, 0.15) is 0 Å². The number of nitrogens with one attached hydrogen (secondary N) is 1. The van der Waals surface area contributed by atoms with Crippen molar-refractivity contribution in [3.05, 3.63) is 0 Å². The van der Waals surface area contributed by atoms with Crippen molar-refractivity contribution in [3.8, 4) is 0 Å². The summed E-state index contributed by atoms with van der Waals surface area (Å²) in [5.74, 6) is -0.0417. The molecule has 0 aromatic heterocycles. The van der Waals surface area contributed by atoms with Crippen LogP contribution < -0.4 is 5.32 Å². The summed E-state index contributed by atoms with van der Waals surface area (Å²) in [6.07, 6.45) is 8.82. The largest absolute Gasteiger partial charge is 0.394 e. The molecular weight excluding hydrogens is 242 g/mol. The Bertz CT molecular complexity index is 221. The highest BCUT2D eigenvalue weighted by Gasteiger charge is 2.13. The van der Waals surface area contributed by atoms with Crippen LogP contribution in [0.15, 0.2) is 0 Å². The number of hydrogen-bond acceptors (Lipinski definition) is 3. The van der Waals surface area contributed by atoms with E-state index >= 15 is 0 Å². The van der Waals surface area contributed by atoms with Gasteiger partial charge >= 0.3 is 0 Å². The lowest BCUT2D eigenvalue weighted by molar-refractivity contribution is -0.125. The summed E-state index contributed by atoms with van der Waals surface area (Å²) in [5.41, 5.74) is 0. The van der Waals surface area contributed by atoms with Crippen LogP contribution in [-0.2, 0) is 4.79 Å². The predicted molar refractivity (Wildman–Crippen MR) is 77.9 cm³/mol. The van der Waals surface area contributed by atoms with E-state index in [1.807, 2.05) is 6.92 Å². The van der Waals surface area contributed by atoms with E-state index in [9.17, 15) is 4.79 Å². The smallest absolute Gasteiger partial charge is 0.222 e. The summed E-state index contributed by atoms with van der Waals surface area (Å²) in [6, 6.07) is 0. The topological polar surface area (TPSA) is 69.6 Å². The highest BCUT2D eigenvalue weighted by atomic mass is 16.3. The number of carbonyl (C=O) groups excluding carboxylic acids is 1. The van der Waals surface area contributed by atoms with Gasteiger partial charge in [-0.2, -0.15) is 0 Å². The van der Waals surface area contributed by atoms with Gasteiger partial charge in [-0.3, -0.25) is 4.79 Å². The van der Waals surface area contributed by atoms with E-state index in [0.29, 0.717) is 0 Å². The summed E-state index contributed by atoms with van der Waals surface area (Å²) in [7, 11) is 0. The molecule has 2 unspecified atom stereocenters. The molecule has 0 aromatic rings. The number of hydrogen-bond donors (Lipinski definition) is 3. The van der Waals surface area contributed by atoms with Gasteiger partial charge in [0.05, 0.1) is 12.7 Å². The number of rotatable bonds is 12. The first-order chi connectivity index (χ1) is 9.11. The van der Waals surface area contributed by atoms with E-state index in [4.69, 9.17) is 10.2 Å². The standard InChI is InChI=1S/C15H31NO3/c1-3-4-5-6-7-8-9-10-13(2)15(19)16-11-14(18)12-17/h13-14,17-18H,3-12H2,1-2H3,(H,16,19). The maximum Gasteiger partial charge on any atom is 0.222 e. The van der Waals surface area contributed by atoms with Crippen LogP contribution in [-0.4, -0.2) is 35.4 Å². The first kappa shape index (κ1) is 18.4. The lowest BCUT2D eigenvalue weighted by atomic mass is 10.0. The summed E-state index contributed by atoms with van der Waals surface area (Å²) < 4.78 is 0. The van der Waals surface area contributed by atoms with E-state index in [1.54, 1.807) is 0 Å². The van der Waals surface area contributed by atoms with Crippen molar-refractivity contribution in [1.29, 1.82) is 0 Å². The van der Waals surface area contributed by atoms with Crippen LogP contribution in [0, 0.1) is 5.92 Å². The van der Waals surface area contributed by atoms with Crippen LogP contribution >= 0.6 is 0 Å². The molecule has 19 heavy (non-hydrogen) atoms. The van der Waals surface area contributed by atoms with Gasteiger partial charge in [0.25, 0.3) is 0 Å². The minimum Gasteiger partial charge on any atom is -0.394 e.